The first-order chi connectivity index (χ1) is 7.06. The van der Waals surface area contributed by atoms with Gasteiger partial charge in [-0.2, -0.15) is 0 Å². The molecule has 1 rings (SSSR count). The van der Waals surface area contributed by atoms with Gasteiger partial charge in [0.25, 0.3) is 0 Å². The fraction of sp³-hybridized carbons (Fsp3) is 0.909. The lowest BCUT2D eigenvalue weighted by atomic mass is 9.94. The van der Waals surface area contributed by atoms with Crippen LogP contribution < -0.4 is 0 Å². The van der Waals surface area contributed by atoms with E-state index in [0.717, 1.165) is 19.4 Å². The molecular weight excluding hydrogens is 194 g/mol. The number of rotatable bonds is 4. The molecule has 1 aliphatic rings. The molecule has 0 aromatic rings. The Bertz CT molecular complexity index is 218. The van der Waals surface area contributed by atoms with Crippen LogP contribution in [0.1, 0.15) is 26.7 Å². The van der Waals surface area contributed by atoms with Crippen molar-refractivity contribution >= 4 is 5.97 Å². The summed E-state index contributed by atoms with van der Waals surface area (Å²) in [5.74, 6) is -0.386. The largest absolute Gasteiger partial charge is 0.480 e. The number of hydrogen-bond donors (Lipinski definition) is 2. The molecule has 2 atom stereocenters. The van der Waals surface area contributed by atoms with Crippen LogP contribution in [0.3, 0.4) is 0 Å². The molecule has 4 heteroatoms. The lowest BCUT2D eigenvalue weighted by Crippen LogP contribution is -2.49. The van der Waals surface area contributed by atoms with Crippen molar-refractivity contribution in [2.24, 2.45) is 11.8 Å². The van der Waals surface area contributed by atoms with E-state index < -0.39 is 12.0 Å². The fourth-order valence-corrected chi connectivity index (χ4v) is 2.36. The first-order valence-electron chi connectivity index (χ1n) is 5.64. The maximum atomic E-state index is 11.1. The van der Waals surface area contributed by atoms with Crippen LogP contribution in [0.15, 0.2) is 0 Å². The van der Waals surface area contributed by atoms with Crippen molar-refractivity contribution in [1.29, 1.82) is 0 Å². The highest BCUT2D eigenvalue weighted by molar-refractivity contribution is 5.73. The van der Waals surface area contributed by atoms with Crippen LogP contribution in [0.5, 0.6) is 0 Å². The van der Waals surface area contributed by atoms with E-state index >= 15 is 0 Å². The van der Waals surface area contributed by atoms with Crippen LogP contribution in [0, 0.1) is 11.8 Å². The number of nitrogens with zero attached hydrogens (tertiary/aromatic N) is 1. The zero-order chi connectivity index (χ0) is 11.4. The number of aliphatic carboxylic acids is 1. The van der Waals surface area contributed by atoms with E-state index in [1.807, 2.05) is 18.7 Å². The maximum absolute atomic E-state index is 11.1. The normalized spacial score (nSPS) is 25.5. The summed E-state index contributed by atoms with van der Waals surface area (Å²) >= 11 is 0. The quantitative estimate of drug-likeness (QED) is 0.728. The van der Waals surface area contributed by atoms with Gasteiger partial charge in [-0.15, -0.1) is 0 Å². The average Bonchev–Trinajstić information content (AvgIpc) is 2.17. The molecule has 0 spiro atoms. The van der Waals surface area contributed by atoms with Crippen molar-refractivity contribution in [3.05, 3.63) is 0 Å². The molecule has 0 radical (unpaired) electrons. The van der Waals surface area contributed by atoms with Crippen LogP contribution in [0.25, 0.3) is 0 Å². The third-order valence-electron chi connectivity index (χ3n) is 3.09. The molecule has 0 aromatic carbocycles. The van der Waals surface area contributed by atoms with E-state index in [2.05, 4.69) is 0 Å². The predicted molar refractivity (Wildman–Crippen MR) is 57.6 cm³/mol. The minimum Gasteiger partial charge on any atom is -0.480 e. The summed E-state index contributed by atoms with van der Waals surface area (Å²) in [7, 11) is 0. The highest BCUT2D eigenvalue weighted by atomic mass is 16.4. The number of aliphatic hydroxyl groups excluding tert-OH is 1. The molecule has 1 heterocycles. The molecule has 0 saturated carbocycles. The van der Waals surface area contributed by atoms with Gasteiger partial charge in [-0.25, -0.2) is 0 Å². The Morgan fingerprint density at radius 3 is 2.67 bits per heavy atom. The monoisotopic (exact) mass is 215 g/mol. The van der Waals surface area contributed by atoms with Gasteiger partial charge in [-0.1, -0.05) is 13.8 Å². The van der Waals surface area contributed by atoms with Crippen LogP contribution in [0.2, 0.25) is 0 Å². The third-order valence-corrected chi connectivity index (χ3v) is 3.09. The first kappa shape index (κ1) is 12.5. The zero-order valence-electron chi connectivity index (χ0n) is 9.52. The average molecular weight is 215 g/mol. The van der Waals surface area contributed by atoms with Gasteiger partial charge in [-0.3, -0.25) is 9.69 Å². The highest BCUT2D eigenvalue weighted by Gasteiger charge is 2.32. The summed E-state index contributed by atoms with van der Waals surface area (Å²) in [6.07, 6.45) is 2.00. The number of carbonyl (C=O) groups is 1. The minimum absolute atomic E-state index is 0.111. The SMILES string of the molecule is CC(C)C(C(=O)O)N1CCCC(CO)C1. The Morgan fingerprint density at radius 1 is 1.53 bits per heavy atom. The Kier molecular flexibility index (Phi) is 4.54. The van der Waals surface area contributed by atoms with Crippen molar-refractivity contribution in [2.75, 3.05) is 19.7 Å². The van der Waals surface area contributed by atoms with Crippen molar-refractivity contribution < 1.29 is 15.0 Å². The van der Waals surface area contributed by atoms with Gasteiger partial charge in [-0.05, 0) is 31.2 Å². The molecule has 0 aromatic heterocycles. The van der Waals surface area contributed by atoms with E-state index in [0.29, 0.717) is 6.54 Å². The molecule has 2 unspecified atom stereocenters. The second-order valence-electron chi connectivity index (χ2n) is 4.71. The van der Waals surface area contributed by atoms with Crippen molar-refractivity contribution in [3.8, 4) is 0 Å². The molecule has 0 amide bonds. The predicted octanol–water partition coefficient (Wildman–Crippen LogP) is 0.800. The number of piperidine rings is 1. The van der Waals surface area contributed by atoms with Gasteiger partial charge in [0, 0.05) is 13.2 Å². The van der Waals surface area contributed by atoms with E-state index in [-0.39, 0.29) is 18.4 Å². The summed E-state index contributed by atoms with van der Waals surface area (Å²) in [5, 5.41) is 18.2. The lowest BCUT2D eigenvalue weighted by molar-refractivity contribution is -0.146. The zero-order valence-corrected chi connectivity index (χ0v) is 9.52. The summed E-state index contributed by atoms with van der Waals surface area (Å²) in [5.41, 5.74) is 0. The van der Waals surface area contributed by atoms with Crippen molar-refractivity contribution in [3.63, 3.8) is 0 Å². The molecular formula is C11H21NO3. The topological polar surface area (TPSA) is 60.8 Å². The third kappa shape index (κ3) is 3.18. The van der Waals surface area contributed by atoms with E-state index in [9.17, 15) is 4.79 Å². The molecule has 88 valence electrons. The van der Waals surface area contributed by atoms with Crippen molar-refractivity contribution in [2.45, 2.75) is 32.7 Å². The number of carboxylic acids is 1. The molecule has 2 N–H and O–H groups in total. The summed E-state index contributed by atoms with van der Waals surface area (Å²) < 4.78 is 0. The highest BCUT2D eigenvalue weighted by Crippen LogP contribution is 2.21. The number of likely N-dealkylation sites (tertiary alicyclic amines) is 1. The van der Waals surface area contributed by atoms with E-state index in [4.69, 9.17) is 10.2 Å². The molecule has 4 nitrogen and oxygen atoms in total. The van der Waals surface area contributed by atoms with E-state index in [1.54, 1.807) is 0 Å². The molecule has 1 aliphatic heterocycles. The smallest absolute Gasteiger partial charge is 0.321 e. The Hall–Kier alpha value is -0.610. The standard InChI is InChI=1S/C11H21NO3/c1-8(2)10(11(14)15)12-5-3-4-9(6-12)7-13/h8-10,13H,3-7H2,1-2H3,(H,14,15). The number of aliphatic hydroxyl groups is 1. The van der Waals surface area contributed by atoms with Gasteiger partial charge in [0.15, 0.2) is 0 Å². The summed E-state index contributed by atoms with van der Waals surface area (Å²) in [6.45, 7) is 5.58. The molecule has 1 fully saturated rings. The lowest BCUT2D eigenvalue weighted by Gasteiger charge is -2.37. The summed E-state index contributed by atoms with van der Waals surface area (Å²) in [6, 6.07) is -0.403. The number of carboxylic acid groups (broad SMARTS) is 1. The van der Waals surface area contributed by atoms with Gasteiger partial charge in [0.1, 0.15) is 6.04 Å². The molecule has 0 aliphatic carbocycles. The second kappa shape index (κ2) is 5.47. The number of hydrogen-bond acceptors (Lipinski definition) is 3. The van der Waals surface area contributed by atoms with Crippen LogP contribution in [-0.2, 0) is 4.79 Å². The molecule has 15 heavy (non-hydrogen) atoms. The van der Waals surface area contributed by atoms with Gasteiger partial charge >= 0.3 is 5.97 Å². The van der Waals surface area contributed by atoms with Gasteiger partial charge in [0.2, 0.25) is 0 Å². The van der Waals surface area contributed by atoms with Crippen LogP contribution >= 0.6 is 0 Å². The second-order valence-corrected chi connectivity index (χ2v) is 4.71. The van der Waals surface area contributed by atoms with Gasteiger partial charge < -0.3 is 10.2 Å². The Labute approximate surface area is 90.9 Å². The Balaban J connectivity index is 2.63. The molecule has 1 saturated heterocycles. The Morgan fingerprint density at radius 2 is 2.20 bits per heavy atom. The van der Waals surface area contributed by atoms with Crippen LogP contribution in [0.4, 0.5) is 0 Å². The maximum Gasteiger partial charge on any atom is 0.321 e. The fourth-order valence-electron chi connectivity index (χ4n) is 2.36. The first-order valence-corrected chi connectivity index (χ1v) is 5.64. The minimum atomic E-state index is -0.747. The van der Waals surface area contributed by atoms with Crippen LogP contribution in [-0.4, -0.2) is 46.8 Å². The van der Waals surface area contributed by atoms with E-state index in [1.165, 1.54) is 0 Å². The van der Waals surface area contributed by atoms with Gasteiger partial charge in [0.05, 0.1) is 0 Å². The molecule has 0 bridgehead atoms. The summed E-state index contributed by atoms with van der Waals surface area (Å²) in [4.78, 5) is 13.1. The van der Waals surface area contributed by atoms with Crippen molar-refractivity contribution in [1.82, 2.24) is 4.90 Å².